The Bertz CT molecular complexity index is 999. The molecule has 0 fully saturated rings. The number of aliphatic hydroxyl groups is 2. The number of nitrogens with one attached hydrogen (secondary N) is 1. The minimum Gasteiger partial charge on any atom is -0.462 e. The van der Waals surface area contributed by atoms with Gasteiger partial charge in [-0.15, -0.1) is 0 Å². The van der Waals surface area contributed by atoms with Crippen LogP contribution in [0.2, 0.25) is 0 Å². The first-order chi connectivity index (χ1) is 27.0. The van der Waals surface area contributed by atoms with E-state index in [1.807, 2.05) is 36.5 Å². The van der Waals surface area contributed by atoms with E-state index in [1.54, 1.807) is 0 Å². The Morgan fingerprint density at radius 1 is 0.545 bits per heavy atom. The number of carbonyl (C=O) groups is 2. The lowest BCUT2D eigenvalue weighted by Gasteiger charge is -2.24. The molecule has 6 heteroatoms. The van der Waals surface area contributed by atoms with Crippen molar-refractivity contribution in [2.45, 2.75) is 232 Å². The fraction of sp³-hybridized carbons (Fsp3) is 0.755. The van der Waals surface area contributed by atoms with Crippen molar-refractivity contribution in [1.29, 1.82) is 0 Å². The van der Waals surface area contributed by atoms with Gasteiger partial charge in [-0.25, -0.2) is 0 Å². The molecular formula is C49H87NO5. The van der Waals surface area contributed by atoms with Crippen LogP contribution in [0.15, 0.2) is 60.8 Å². The van der Waals surface area contributed by atoms with Crippen molar-refractivity contribution < 1.29 is 24.5 Å². The van der Waals surface area contributed by atoms with Crippen molar-refractivity contribution in [3.63, 3.8) is 0 Å². The van der Waals surface area contributed by atoms with E-state index in [0.29, 0.717) is 19.3 Å². The van der Waals surface area contributed by atoms with Gasteiger partial charge >= 0.3 is 5.97 Å². The fourth-order valence-corrected chi connectivity index (χ4v) is 6.68. The summed E-state index contributed by atoms with van der Waals surface area (Å²) in [6.07, 6.45) is 51.4. The third-order valence-electron chi connectivity index (χ3n) is 10.2. The molecule has 0 aromatic heterocycles. The van der Waals surface area contributed by atoms with Gasteiger partial charge in [-0.3, -0.25) is 9.59 Å². The highest BCUT2D eigenvalue weighted by Crippen LogP contribution is 2.16. The summed E-state index contributed by atoms with van der Waals surface area (Å²) in [5.74, 6) is -0.551. The standard InChI is InChI=1S/C49H87NO5/c1-4-7-10-13-16-19-22-23-24-25-27-30-33-36-39-42-49(54)55-45(40-37-34-31-28-26-20-17-14-11-8-5-2)43-48(53)50-46(44-51)47(52)41-38-35-32-29-21-18-15-12-9-6-3/h8,11,14,17,19-20,22,26,28,31,45-47,51-52H,4-7,9-10,12-13,15-16,18,21,23-25,27,29-30,32-44H2,1-3H3,(H,50,53)/b11-8+,17-14+,22-19-,26-20-,31-28-. The zero-order chi connectivity index (χ0) is 40.3. The minimum absolute atomic E-state index is 0.0287. The van der Waals surface area contributed by atoms with Gasteiger partial charge in [0.2, 0.25) is 5.91 Å². The van der Waals surface area contributed by atoms with Gasteiger partial charge < -0.3 is 20.3 Å². The highest BCUT2D eigenvalue weighted by atomic mass is 16.5. The topological polar surface area (TPSA) is 95.9 Å². The average molecular weight is 770 g/mol. The smallest absolute Gasteiger partial charge is 0.306 e. The number of esters is 1. The number of rotatable bonds is 40. The monoisotopic (exact) mass is 770 g/mol. The van der Waals surface area contributed by atoms with E-state index in [1.165, 1.54) is 109 Å². The van der Waals surface area contributed by atoms with Crippen LogP contribution >= 0.6 is 0 Å². The molecule has 0 heterocycles. The summed E-state index contributed by atoms with van der Waals surface area (Å²) in [7, 11) is 0. The van der Waals surface area contributed by atoms with Crippen molar-refractivity contribution in [2.24, 2.45) is 0 Å². The van der Waals surface area contributed by atoms with Crippen LogP contribution < -0.4 is 5.32 Å². The molecule has 1 amide bonds. The molecule has 0 aromatic rings. The maximum Gasteiger partial charge on any atom is 0.306 e. The number of amides is 1. The van der Waals surface area contributed by atoms with E-state index in [0.717, 1.165) is 57.8 Å². The Kier molecular flexibility index (Phi) is 40.8. The molecule has 3 atom stereocenters. The van der Waals surface area contributed by atoms with E-state index in [-0.39, 0.29) is 24.9 Å². The van der Waals surface area contributed by atoms with Gasteiger partial charge in [-0.2, -0.15) is 0 Å². The molecule has 0 aliphatic rings. The van der Waals surface area contributed by atoms with Gasteiger partial charge in [-0.1, -0.05) is 197 Å². The molecule has 0 saturated carbocycles. The summed E-state index contributed by atoms with van der Waals surface area (Å²) in [5.41, 5.74) is 0. The van der Waals surface area contributed by atoms with Crippen molar-refractivity contribution in [2.75, 3.05) is 6.61 Å². The second-order valence-corrected chi connectivity index (χ2v) is 15.5. The SMILES string of the molecule is CC/C=C/C=C/C=C\C=C/CCCC(CC(=O)NC(CO)C(O)CCCCCCCCCCCC)OC(=O)CCCCCCCCC/C=C\CCCCCC. The van der Waals surface area contributed by atoms with Crippen LogP contribution in [0.25, 0.3) is 0 Å². The van der Waals surface area contributed by atoms with Crippen LogP contribution in [0.3, 0.4) is 0 Å². The summed E-state index contributed by atoms with van der Waals surface area (Å²) in [6, 6.07) is -0.722. The summed E-state index contributed by atoms with van der Waals surface area (Å²) in [6.45, 7) is 6.28. The second-order valence-electron chi connectivity index (χ2n) is 15.5. The van der Waals surface area contributed by atoms with E-state index < -0.39 is 18.2 Å². The Morgan fingerprint density at radius 2 is 1.02 bits per heavy atom. The van der Waals surface area contributed by atoms with Gasteiger partial charge in [0.1, 0.15) is 6.10 Å². The Morgan fingerprint density at radius 3 is 1.58 bits per heavy atom. The van der Waals surface area contributed by atoms with Crippen molar-refractivity contribution in [3.8, 4) is 0 Å². The largest absolute Gasteiger partial charge is 0.462 e. The number of aliphatic hydroxyl groups excluding tert-OH is 2. The predicted octanol–water partition coefficient (Wildman–Crippen LogP) is 13.3. The Balaban J connectivity index is 4.65. The molecule has 0 saturated heterocycles. The number of hydrogen-bond acceptors (Lipinski definition) is 5. The highest BCUT2D eigenvalue weighted by molar-refractivity contribution is 5.77. The summed E-state index contributed by atoms with van der Waals surface area (Å²) in [5, 5.41) is 23.6. The van der Waals surface area contributed by atoms with E-state index in [2.05, 4.69) is 50.4 Å². The van der Waals surface area contributed by atoms with Gasteiger partial charge in [0.15, 0.2) is 0 Å². The quantitative estimate of drug-likeness (QED) is 0.0250. The third kappa shape index (κ3) is 38.2. The molecule has 0 aliphatic heterocycles. The van der Waals surface area contributed by atoms with Crippen LogP contribution in [0.5, 0.6) is 0 Å². The van der Waals surface area contributed by atoms with Crippen LogP contribution in [0.1, 0.15) is 213 Å². The highest BCUT2D eigenvalue weighted by Gasteiger charge is 2.24. The molecule has 0 bridgehead atoms. The first kappa shape index (κ1) is 52.6. The summed E-state index contributed by atoms with van der Waals surface area (Å²) in [4.78, 5) is 26.0. The second kappa shape index (κ2) is 42.7. The Labute approximate surface area is 339 Å². The molecule has 0 spiro atoms. The Hall–Kier alpha value is -2.44. The number of allylic oxidation sites excluding steroid dienone is 10. The molecule has 318 valence electrons. The van der Waals surface area contributed by atoms with Crippen LogP contribution in [-0.2, 0) is 14.3 Å². The number of ether oxygens (including phenoxy) is 1. The minimum atomic E-state index is -0.804. The van der Waals surface area contributed by atoms with Gasteiger partial charge in [0.25, 0.3) is 0 Å². The van der Waals surface area contributed by atoms with Crippen molar-refractivity contribution in [1.82, 2.24) is 5.32 Å². The van der Waals surface area contributed by atoms with Crippen molar-refractivity contribution in [3.05, 3.63) is 60.8 Å². The number of carbonyl (C=O) groups excluding carboxylic acids is 2. The van der Waals surface area contributed by atoms with Crippen LogP contribution in [0, 0.1) is 0 Å². The molecule has 6 nitrogen and oxygen atoms in total. The van der Waals surface area contributed by atoms with Crippen LogP contribution in [-0.4, -0.2) is 46.9 Å². The molecule has 3 unspecified atom stereocenters. The lowest BCUT2D eigenvalue weighted by molar-refractivity contribution is -0.151. The molecule has 3 N–H and O–H groups in total. The fourth-order valence-electron chi connectivity index (χ4n) is 6.68. The lowest BCUT2D eigenvalue weighted by Crippen LogP contribution is -2.46. The van der Waals surface area contributed by atoms with E-state index in [4.69, 9.17) is 4.74 Å². The number of unbranched alkanes of at least 4 members (excludes halogenated alkanes) is 21. The third-order valence-corrected chi connectivity index (χ3v) is 10.2. The normalized spacial score (nSPS) is 13.9. The summed E-state index contributed by atoms with van der Waals surface area (Å²) < 4.78 is 5.86. The molecule has 55 heavy (non-hydrogen) atoms. The van der Waals surface area contributed by atoms with Crippen molar-refractivity contribution >= 4 is 11.9 Å². The summed E-state index contributed by atoms with van der Waals surface area (Å²) >= 11 is 0. The molecule has 0 aliphatic carbocycles. The zero-order valence-corrected chi connectivity index (χ0v) is 36.0. The number of hydrogen-bond donors (Lipinski definition) is 3. The molecule has 0 rings (SSSR count). The van der Waals surface area contributed by atoms with Crippen LogP contribution in [0.4, 0.5) is 0 Å². The van der Waals surface area contributed by atoms with Gasteiger partial charge in [0, 0.05) is 6.42 Å². The first-order valence-corrected chi connectivity index (χ1v) is 23.1. The maximum absolute atomic E-state index is 13.1. The average Bonchev–Trinajstić information content (AvgIpc) is 3.18. The lowest BCUT2D eigenvalue weighted by atomic mass is 10.0. The molecule has 0 aromatic carbocycles. The first-order valence-electron chi connectivity index (χ1n) is 23.1. The van der Waals surface area contributed by atoms with E-state index in [9.17, 15) is 19.8 Å². The zero-order valence-electron chi connectivity index (χ0n) is 36.0. The molecular weight excluding hydrogens is 683 g/mol. The molecule has 0 radical (unpaired) electrons. The van der Waals surface area contributed by atoms with Gasteiger partial charge in [0.05, 0.1) is 25.2 Å². The van der Waals surface area contributed by atoms with E-state index >= 15 is 0 Å². The predicted molar refractivity (Wildman–Crippen MR) is 236 cm³/mol. The maximum atomic E-state index is 13.1. The van der Waals surface area contributed by atoms with Gasteiger partial charge in [-0.05, 0) is 64.2 Å².